The molecule has 0 amide bonds. The third kappa shape index (κ3) is 5.11. The van der Waals surface area contributed by atoms with Crippen LogP contribution in [0.25, 0.3) is 0 Å². The van der Waals surface area contributed by atoms with Crippen LogP contribution in [0.1, 0.15) is 52.7 Å². The van der Waals surface area contributed by atoms with Crippen molar-refractivity contribution in [2.24, 2.45) is 0 Å². The molecule has 3 aromatic carbocycles. The lowest BCUT2D eigenvalue weighted by atomic mass is 9.79. The van der Waals surface area contributed by atoms with Gasteiger partial charge in [-0.05, 0) is 59.4 Å². The van der Waals surface area contributed by atoms with E-state index in [1.54, 1.807) is 0 Å². The van der Waals surface area contributed by atoms with Crippen molar-refractivity contribution in [3.8, 4) is 5.75 Å². The second kappa shape index (κ2) is 7.82. The van der Waals surface area contributed by atoms with Crippen LogP contribution in [0.5, 0.6) is 5.75 Å². The molecule has 3 aromatic rings. The first-order valence-electron chi connectivity index (χ1n) is 10.1. The third-order valence-electron chi connectivity index (χ3n) is 4.96. The SMILES string of the molecule is CC(C)(C)c1cc(Nc2ccc(Nc3ccccc3)cc2)cc(C(C)(C)C)c1O. The van der Waals surface area contributed by atoms with Gasteiger partial charge in [-0.25, -0.2) is 0 Å². The quantitative estimate of drug-likeness (QED) is 0.406. The molecular formula is C26H32N2O. The van der Waals surface area contributed by atoms with Crippen molar-refractivity contribution in [3.63, 3.8) is 0 Å². The number of anilines is 4. The van der Waals surface area contributed by atoms with Crippen LogP contribution in [0, 0.1) is 0 Å². The van der Waals surface area contributed by atoms with Gasteiger partial charge in [0.05, 0.1) is 0 Å². The van der Waals surface area contributed by atoms with E-state index in [1.807, 2.05) is 30.3 Å². The van der Waals surface area contributed by atoms with Crippen molar-refractivity contribution in [3.05, 3.63) is 77.9 Å². The highest BCUT2D eigenvalue weighted by Crippen LogP contribution is 2.41. The summed E-state index contributed by atoms with van der Waals surface area (Å²) in [6.45, 7) is 12.8. The van der Waals surface area contributed by atoms with Gasteiger partial charge in [0.25, 0.3) is 0 Å². The molecule has 0 unspecified atom stereocenters. The molecule has 0 spiro atoms. The zero-order valence-corrected chi connectivity index (χ0v) is 18.3. The summed E-state index contributed by atoms with van der Waals surface area (Å²) in [6.07, 6.45) is 0. The molecule has 3 heteroatoms. The Morgan fingerprint density at radius 1 is 0.552 bits per heavy atom. The summed E-state index contributed by atoms with van der Waals surface area (Å²) in [7, 11) is 0. The lowest BCUT2D eigenvalue weighted by molar-refractivity contribution is 0.423. The molecule has 3 rings (SSSR count). The lowest BCUT2D eigenvalue weighted by Gasteiger charge is -2.28. The van der Waals surface area contributed by atoms with Crippen molar-refractivity contribution in [1.82, 2.24) is 0 Å². The number of phenols is 1. The van der Waals surface area contributed by atoms with Crippen LogP contribution in [0.2, 0.25) is 0 Å². The standard InChI is InChI=1S/C26H32N2O/c1-25(2,3)22-16-21(17-23(24(22)29)26(4,5)6)28-20-14-12-19(13-15-20)27-18-10-8-7-9-11-18/h7-17,27-29H,1-6H3. The van der Waals surface area contributed by atoms with E-state index in [9.17, 15) is 5.11 Å². The van der Waals surface area contributed by atoms with Gasteiger partial charge in [0.15, 0.2) is 0 Å². The second-order valence-corrected chi connectivity index (χ2v) is 9.61. The molecule has 0 atom stereocenters. The number of hydrogen-bond donors (Lipinski definition) is 3. The average Bonchev–Trinajstić information content (AvgIpc) is 2.63. The van der Waals surface area contributed by atoms with Gasteiger partial charge in [-0.2, -0.15) is 0 Å². The minimum Gasteiger partial charge on any atom is -0.507 e. The summed E-state index contributed by atoms with van der Waals surface area (Å²) in [5, 5.41) is 17.8. The summed E-state index contributed by atoms with van der Waals surface area (Å²) in [4.78, 5) is 0. The minimum atomic E-state index is -0.148. The number of rotatable bonds is 4. The molecule has 0 fully saturated rings. The van der Waals surface area contributed by atoms with E-state index in [1.165, 1.54) is 0 Å². The fourth-order valence-electron chi connectivity index (χ4n) is 3.34. The van der Waals surface area contributed by atoms with Crippen LogP contribution in [0.4, 0.5) is 22.7 Å². The Kier molecular flexibility index (Phi) is 5.61. The Morgan fingerprint density at radius 3 is 1.34 bits per heavy atom. The van der Waals surface area contributed by atoms with E-state index in [0.29, 0.717) is 5.75 Å². The van der Waals surface area contributed by atoms with Gasteiger partial charge >= 0.3 is 0 Å². The molecule has 0 aliphatic carbocycles. The van der Waals surface area contributed by atoms with E-state index in [0.717, 1.165) is 33.9 Å². The molecule has 0 saturated heterocycles. The molecule has 0 bridgehead atoms. The Bertz CT molecular complexity index is 927. The predicted octanol–water partition coefficient (Wildman–Crippen LogP) is 7.47. The molecule has 152 valence electrons. The molecule has 3 N–H and O–H groups in total. The molecule has 29 heavy (non-hydrogen) atoms. The highest BCUT2D eigenvalue weighted by molar-refractivity contribution is 5.68. The van der Waals surface area contributed by atoms with Gasteiger partial charge in [-0.15, -0.1) is 0 Å². The lowest BCUT2D eigenvalue weighted by Crippen LogP contribution is -2.17. The Morgan fingerprint density at radius 2 is 0.931 bits per heavy atom. The second-order valence-electron chi connectivity index (χ2n) is 9.61. The van der Waals surface area contributed by atoms with Crippen molar-refractivity contribution in [2.75, 3.05) is 10.6 Å². The van der Waals surface area contributed by atoms with Crippen LogP contribution in [0.15, 0.2) is 66.7 Å². The van der Waals surface area contributed by atoms with Gasteiger partial charge in [-0.3, -0.25) is 0 Å². The third-order valence-corrected chi connectivity index (χ3v) is 4.96. The van der Waals surface area contributed by atoms with Crippen LogP contribution < -0.4 is 10.6 Å². The van der Waals surface area contributed by atoms with Gasteiger partial charge in [-0.1, -0.05) is 59.7 Å². The van der Waals surface area contributed by atoms with Crippen LogP contribution in [0.3, 0.4) is 0 Å². The largest absolute Gasteiger partial charge is 0.507 e. The first-order chi connectivity index (χ1) is 13.5. The summed E-state index contributed by atoms with van der Waals surface area (Å²) in [6, 6.07) is 22.5. The smallest absolute Gasteiger partial charge is 0.123 e. The van der Waals surface area contributed by atoms with Gasteiger partial charge in [0.2, 0.25) is 0 Å². The van der Waals surface area contributed by atoms with Crippen LogP contribution >= 0.6 is 0 Å². The van der Waals surface area contributed by atoms with Crippen LogP contribution in [-0.2, 0) is 10.8 Å². The van der Waals surface area contributed by atoms with Crippen molar-refractivity contribution in [1.29, 1.82) is 0 Å². The average molecular weight is 389 g/mol. The maximum atomic E-state index is 10.9. The maximum Gasteiger partial charge on any atom is 0.123 e. The molecule has 0 radical (unpaired) electrons. The zero-order chi connectivity index (χ0) is 21.2. The van der Waals surface area contributed by atoms with E-state index in [-0.39, 0.29) is 10.8 Å². The number of aromatic hydroxyl groups is 1. The minimum absolute atomic E-state index is 0.148. The van der Waals surface area contributed by atoms with E-state index < -0.39 is 0 Å². The number of phenolic OH excluding ortho intramolecular Hbond substituents is 1. The Labute approximate surface area is 174 Å². The maximum absolute atomic E-state index is 10.9. The van der Waals surface area contributed by atoms with Gasteiger partial charge in [0, 0.05) is 33.9 Å². The molecule has 3 nitrogen and oxygen atoms in total. The summed E-state index contributed by atoms with van der Waals surface area (Å²) < 4.78 is 0. The molecule has 0 aliphatic rings. The fourth-order valence-corrected chi connectivity index (χ4v) is 3.34. The molecule has 0 aliphatic heterocycles. The van der Waals surface area contributed by atoms with E-state index in [4.69, 9.17) is 0 Å². The number of benzene rings is 3. The molecule has 0 heterocycles. The number of hydrogen-bond acceptors (Lipinski definition) is 3. The highest BCUT2D eigenvalue weighted by Gasteiger charge is 2.26. The predicted molar refractivity (Wildman–Crippen MR) is 125 cm³/mol. The normalized spacial score (nSPS) is 11.9. The van der Waals surface area contributed by atoms with Crippen molar-refractivity contribution < 1.29 is 5.11 Å². The van der Waals surface area contributed by atoms with E-state index >= 15 is 0 Å². The molecular weight excluding hydrogens is 356 g/mol. The number of nitrogens with one attached hydrogen (secondary N) is 2. The van der Waals surface area contributed by atoms with Crippen LogP contribution in [-0.4, -0.2) is 5.11 Å². The number of para-hydroxylation sites is 1. The summed E-state index contributed by atoms with van der Waals surface area (Å²) >= 11 is 0. The monoisotopic (exact) mass is 388 g/mol. The first-order valence-corrected chi connectivity index (χ1v) is 10.1. The van der Waals surface area contributed by atoms with Gasteiger partial charge in [0.1, 0.15) is 5.75 Å². The first kappa shape index (κ1) is 20.8. The molecule has 0 saturated carbocycles. The molecule has 0 aromatic heterocycles. The van der Waals surface area contributed by atoms with Crippen molar-refractivity contribution >= 4 is 22.7 Å². The summed E-state index contributed by atoms with van der Waals surface area (Å²) in [5.41, 5.74) is 5.71. The van der Waals surface area contributed by atoms with E-state index in [2.05, 4.69) is 88.6 Å². The zero-order valence-electron chi connectivity index (χ0n) is 18.3. The fraction of sp³-hybridized carbons (Fsp3) is 0.308. The highest BCUT2D eigenvalue weighted by atomic mass is 16.3. The summed E-state index contributed by atoms with van der Waals surface area (Å²) in [5.74, 6) is 0.401. The van der Waals surface area contributed by atoms with Gasteiger partial charge < -0.3 is 15.7 Å². The van der Waals surface area contributed by atoms with Crippen molar-refractivity contribution in [2.45, 2.75) is 52.4 Å². The topological polar surface area (TPSA) is 44.3 Å². The Balaban J connectivity index is 1.87. The Hall–Kier alpha value is -2.94.